The van der Waals surface area contributed by atoms with Crippen molar-refractivity contribution in [1.82, 2.24) is 10.3 Å². The lowest BCUT2D eigenvalue weighted by atomic mass is 10.1. The first kappa shape index (κ1) is 13.8. The van der Waals surface area contributed by atoms with Gasteiger partial charge in [0.15, 0.2) is 0 Å². The number of halogens is 1. The Morgan fingerprint density at radius 2 is 2.06 bits per heavy atom. The normalized spacial score (nSPS) is 12.8. The monoisotopic (exact) mass is 236 g/mol. The van der Waals surface area contributed by atoms with E-state index in [9.17, 15) is 4.39 Å². The number of aromatic nitrogens is 1. The summed E-state index contributed by atoms with van der Waals surface area (Å²) in [6.45, 7) is 12.5. The Kier molecular flexibility index (Phi) is 4.82. The summed E-state index contributed by atoms with van der Waals surface area (Å²) in [5.41, 5.74) is 2.06. The highest BCUT2D eigenvalue weighted by atomic mass is 19.1. The summed E-state index contributed by atoms with van der Waals surface area (Å²) in [7, 11) is 0. The zero-order chi connectivity index (χ0) is 13.0. The van der Waals surface area contributed by atoms with Crippen LogP contribution in [0, 0.1) is 11.7 Å². The number of hydrogen-bond donors (Lipinski definition) is 1. The lowest BCUT2D eigenvalue weighted by Crippen LogP contribution is -2.30. The number of nitrogens with one attached hydrogen (secondary N) is 1. The Balaban J connectivity index is 2.76. The summed E-state index contributed by atoms with van der Waals surface area (Å²) in [4.78, 5) is 4.27. The van der Waals surface area contributed by atoms with E-state index in [0.717, 1.165) is 11.3 Å². The van der Waals surface area contributed by atoms with E-state index in [-0.39, 0.29) is 5.82 Å². The van der Waals surface area contributed by atoms with Gasteiger partial charge >= 0.3 is 0 Å². The van der Waals surface area contributed by atoms with Crippen LogP contribution in [-0.2, 0) is 6.54 Å². The molecule has 3 heteroatoms. The molecule has 0 aliphatic carbocycles. The summed E-state index contributed by atoms with van der Waals surface area (Å²) < 4.78 is 13.6. The molecule has 0 aliphatic heterocycles. The Hall–Kier alpha value is -1.22. The molecule has 0 spiro atoms. The van der Waals surface area contributed by atoms with Gasteiger partial charge in [-0.3, -0.25) is 0 Å². The minimum atomic E-state index is -0.265. The minimum absolute atomic E-state index is 0.265. The van der Waals surface area contributed by atoms with Gasteiger partial charge in [0.25, 0.3) is 0 Å². The molecule has 1 heterocycles. The van der Waals surface area contributed by atoms with E-state index in [4.69, 9.17) is 0 Å². The zero-order valence-corrected chi connectivity index (χ0v) is 11.0. The molecule has 0 radical (unpaired) electrons. The third-order valence-electron chi connectivity index (χ3n) is 2.95. The van der Waals surface area contributed by atoms with Gasteiger partial charge in [0.05, 0.1) is 11.4 Å². The van der Waals surface area contributed by atoms with Crippen molar-refractivity contribution in [1.29, 1.82) is 0 Å². The fourth-order valence-electron chi connectivity index (χ4n) is 1.34. The van der Waals surface area contributed by atoms with Crippen molar-refractivity contribution in [2.75, 3.05) is 0 Å². The highest BCUT2D eigenvalue weighted by molar-refractivity contribution is 5.57. The molecule has 0 saturated heterocycles. The maximum atomic E-state index is 13.6. The van der Waals surface area contributed by atoms with Crippen molar-refractivity contribution in [2.24, 2.45) is 5.92 Å². The maximum absolute atomic E-state index is 13.6. The molecule has 0 fully saturated rings. The second kappa shape index (κ2) is 5.92. The van der Waals surface area contributed by atoms with Crippen LogP contribution in [0.1, 0.15) is 39.1 Å². The summed E-state index contributed by atoms with van der Waals surface area (Å²) in [6, 6.07) is 3.45. The summed E-state index contributed by atoms with van der Waals surface area (Å²) in [5.74, 6) is 0.251. The summed E-state index contributed by atoms with van der Waals surface area (Å²) >= 11 is 0. The predicted octanol–water partition coefficient (Wildman–Crippen LogP) is 3.39. The van der Waals surface area contributed by atoms with Gasteiger partial charge in [-0.05, 0) is 37.5 Å². The van der Waals surface area contributed by atoms with E-state index in [1.807, 2.05) is 6.92 Å². The van der Waals surface area contributed by atoms with Gasteiger partial charge in [0, 0.05) is 12.6 Å². The van der Waals surface area contributed by atoms with Gasteiger partial charge in [0.2, 0.25) is 0 Å². The number of pyridine rings is 1. The Morgan fingerprint density at radius 1 is 1.41 bits per heavy atom. The highest BCUT2D eigenvalue weighted by Gasteiger charge is 2.10. The molecule has 1 rings (SSSR count). The largest absolute Gasteiger partial charge is 0.308 e. The molecule has 0 bridgehead atoms. The fraction of sp³-hybridized carbons (Fsp3) is 0.500. The second-order valence-electron chi connectivity index (χ2n) is 4.82. The maximum Gasteiger partial charge on any atom is 0.146 e. The fourth-order valence-corrected chi connectivity index (χ4v) is 1.34. The number of allylic oxidation sites excluding steroid dienone is 1. The highest BCUT2D eigenvalue weighted by Crippen LogP contribution is 2.12. The van der Waals surface area contributed by atoms with Crippen LogP contribution < -0.4 is 5.32 Å². The lowest BCUT2D eigenvalue weighted by Gasteiger charge is -2.17. The molecule has 2 nitrogen and oxygen atoms in total. The van der Waals surface area contributed by atoms with Crippen molar-refractivity contribution in [3.63, 3.8) is 0 Å². The van der Waals surface area contributed by atoms with Crippen LogP contribution in [0.15, 0.2) is 18.7 Å². The van der Waals surface area contributed by atoms with Crippen molar-refractivity contribution < 1.29 is 4.39 Å². The molecule has 0 unspecified atom stereocenters. The first-order valence-corrected chi connectivity index (χ1v) is 5.96. The Morgan fingerprint density at radius 3 is 2.59 bits per heavy atom. The summed E-state index contributed by atoms with van der Waals surface area (Å²) in [5, 5.41) is 3.27. The van der Waals surface area contributed by atoms with Crippen molar-refractivity contribution >= 4 is 5.57 Å². The molecular formula is C14H21FN2. The van der Waals surface area contributed by atoms with Crippen LogP contribution in [0.5, 0.6) is 0 Å². The van der Waals surface area contributed by atoms with E-state index < -0.39 is 0 Å². The standard InChI is InChI=1S/C14H21FN2/c1-9(2)11(5)16-8-14-12(15)6-7-13(17-14)10(3)4/h6-7,9,11,16H,3,8H2,1-2,4-5H3/t11-/m1/s1. The number of hydrogen-bond acceptors (Lipinski definition) is 2. The van der Waals surface area contributed by atoms with E-state index in [2.05, 4.69) is 37.7 Å². The van der Waals surface area contributed by atoms with Crippen molar-refractivity contribution in [2.45, 2.75) is 40.3 Å². The van der Waals surface area contributed by atoms with Gasteiger partial charge in [-0.25, -0.2) is 9.37 Å². The van der Waals surface area contributed by atoms with Crippen LogP contribution in [0.2, 0.25) is 0 Å². The minimum Gasteiger partial charge on any atom is -0.308 e. The molecule has 1 atom stereocenters. The smallest absolute Gasteiger partial charge is 0.146 e. The van der Waals surface area contributed by atoms with Gasteiger partial charge < -0.3 is 5.32 Å². The van der Waals surface area contributed by atoms with Gasteiger partial charge in [-0.1, -0.05) is 20.4 Å². The number of nitrogens with zero attached hydrogens (tertiary/aromatic N) is 1. The molecule has 0 amide bonds. The predicted molar refractivity (Wildman–Crippen MR) is 70.0 cm³/mol. The van der Waals surface area contributed by atoms with Crippen LogP contribution in [0.3, 0.4) is 0 Å². The van der Waals surface area contributed by atoms with Crippen LogP contribution >= 0.6 is 0 Å². The first-order chi connectivity index (χ1) is 7.91. The molecule has 94 valence electrons. The van der Waals surface area contributed by atoms with Crippen molar-refractivity contribution in [3.8, 4) is 0 Å². The second-order valence-corrected chi connectivity index (χ2v) is 4.82. The van der Waals surface area contributed by atoms with E-state index in [0.29, 0.717) is 24.2 Å². The average molecular weight is 236 g/mol. The van der Waals surface area contributed by atoms with E-state index >= 15 is 0 Å². The SMILES string of the molecule is C=C(C)c1ccc(F)c(CN[C@H](C)C(C)C)n1. The Labute approximate surface area is 103 Å². The van der Waals surface area contributed by atoms with Gasteiger partial charge in [0.1, 0.15) is 5.82 Å². The Bertz CT molecular complexity index is 399. The summed E-state index contributed by atoms with van der Waals surface area (Å²) in [6.07, 6.45) is 0. The number of rotatable bonds is 5. The van der Waals surface area contributed by atoms with Gasteiger partial charge in [-0.15, -0.1) is 0 Å². The topological polar surface area (TPSA) is 24.9 Å². The quantitative estimate of drug-likeness (QED) is 0.847. The van der Waals surface area contributed by atoms with Crippen LogP contribution in [0.25, 0.3) is 5.57 Å². The van der Waals surface area contributed by atoms with E-state index in [1.165, 1.54) is 6.07 Å². The molecule has 0 aliphatic rings. The molecule has 1 aromatic rings. The van der Waals surface area contributed by atoms with Crippen molar-refractivity contribution in [3.05, 3.63) is 35.9 Å². The average Bonchev–Trinajstić information content (AvgIpc) is 2.26. The molecular weight excluding hydrogens is 215 g/mol. The first-order valence-electron chi connectivity index (χ1n) is 5.96. The third kappa shape index (κ3) is 3.93. The van der Waals surface area contributed by atoms with Crippen LogP contribution in [-0.4, -0.2) is 11.0 Å². The third-order valence-corrected chi connectivity index (χ3v) is 2.95. The molecule has 1 aromatic heterocycles. The van der Waals surface area contributed by atoms with Gasteiger partial charge in [-0.2, -0.15) is 0 Å². The molecule has 0 saturated carbocycles. The molecule has 0 aromatic carbocycles. The zero-order valence-electron chi connectivity index (χ0n) is 11.0. The molecule has 17 heavy (non-hydrogen) atoms. The van der Waals surface area contributed by atoms with Crippen LogP contribution in [0.4, 0.5) is 4.39 Å². The molecule has 1 N–H and O–H groups in total. The van der Waals surface area contributed by atoms with E-state index in [1.54, 1.807) is 6.07 Å². The lowest BCUT2D eigenvalue weighted by molar-refractivity contribution is 0.418.